The monoisotopic (exact) mass is 199 g/mol. The molecule has 1 rings (SSSR count). The number of nitrogens with zero attached hydrogens (tertiary/aromatic N) is 1. The van der Waals surface area contributed by atoms with Crippen LogP contribution in [0, 0.1) is 5.41 Å². The highest BCUT2D eigenvalue weighted by Crippen LogP contribution is 2.23. The van der Waals surface area contributed by atoms with E-state index in [-0.39, 0.29) is 17.5 Å². The Kier molecular flexibility index (Phi) is 3.37. The molecule has 2 N–H and O–H groups in total. The van der Waals surface area contributed by atoms with E-state index in [1.54, 1.807) is 0 Å². The molecule has 1 atom stereocenters. The highest BCUT2D eigenvalue weighted by atomic mass is 16.2. The first-order valence-electron chi connectivity index (χ1n) is 5.15. The predicted octanol–water partition coefficient (Wildman–Crippen LogP) is 0.646. The molecule has 82 valence electrons. The summed E-state index contributed by atoms with van der Waals surface area (Å²) >= 11 is 0. The Morgan fingerprint density at radius 1 is 1.57 bits per heavy atom. The first kappa shape index (κ1) is 11.3. The van der Waals surface area contributed by atoms with Gasteiger partial charge in [0.15, 0.2) is 0 Å². The number of hydrogen-bond donors (Lipinski definition) is 2. The van der Waals surface area contributed by atoms with E-state index in [0.29, 0.717) is 0 Å². The Labute approximate surface area is 86.0 Å². The molecular weight excluding hydrogens is 178 g/mol. The minimum Gasteiger partial charge on any atom is -0.333 e. The van der Waals surface area contributed by atoms with Crippen molar-refractivity contribution < 1.29 is 4.79 Å². The van der Waals surface area contributed by atoms with E-state index in [1.807, 2.05) is 11.9 Å². The predicted molar refractivity (Wildman–Crippen MR) is 57.3 cm³/mol. The maximum Gasteiger partial charge on any atom is 0.317 e. The minimum absolute atomic E-state index is 0.0696. The van der Waals surface area contributed by atoms with Gasteiger partial charge in [-0.1, -0.05) is 20.8 Å². The molecule has 0 aliphatic carbocycles. The summed E-state index contributed by atoms with van der Waals surface area (Å²) in [7, 11) is 1.90. The number of carbonyl (C=O) groups is 1. The molecule has 1 aliphatic rings. The van der Waals surface area contributed by atoms with Gasteiger partial charge in [0.25, 0.3) is 0 Å². The number of likely N-dealkylation sites (N-methyl/N-ethyl adjacent to an activating group) is 1. The van der Waals surface area contributed by atoms with Gasteiger partial charge in [-0.05, 0) is 12.5 Å². The van der Waals surface area contributed by atoms with Crippen molar-refractivity contribution in [3.05, 3.63) is 0 Å². The van der Waals surface area contributed by atoms with Crippen LogP contribution in [0.4, 0.5) is 4.79 Å². The van der Waals surface area contributed by atoms with Gasteiger partial charge in [-0.3, -0.25) is 0 Å². The largest absolute Gasteiger partial charge is 0.333 e. The molecule has 0 aromatic heterocycles. The molecule has 4 nitrogen and oxygen atoms in total. The van der Waals surface area contributed by atoms with Gasteiger partial charge >= 0.3 is 6.03 Å². The molecule has 0 spiro atoms. The van der Waals surface area contributed by atoms with Crippen LogP contribution in [0.5, 0.6) is 0 Å². The molecule has 0 aromatic rings. The molecule has 1 unspecified atom stereocenters. The lowest BCUT2D eigenvalue weighted by atomic mass is 9.87. The van der Waals surface area contributed by atoms with Gasteiger partial charge in [0.2, 0.25) is 0 Å². The van der Waals surface area contributed by atoms with Crippen molar-refractivity contribution in [1.82, 2.24) is 15.5 Å². The summed E-state index contributed by atoms with van der Waals surface area (Å²) in [6.07, 6.45) is 0. The van der Waals surface area contributed by atoms with E-state index in [2.05, 4.69) is 31.4 Å². The van der Waals surface area contributed by atoms with Crippen LogP contribution in [0.1, 0.15) is 20.8 Å². The van der Waals surface area contributed by atoms with E-state index in [4.69, 9.17) is 0 Å². The van der Waals surface area contributed by atoms with Crippen LogP contribution >= 0.6 is 0 Å². The zero-order valence-electron chi connectivity index (χ0n) is 9.55. The van der Waals surface area contributed by atoms with E-state index in [1.165, 1.54) is 0 Å². The summed E-state index contributed by atoms with van der Waals surface area (Å²) in [6.45, 7) is 8.92. The van der Waals surface area contributed by atoms with Gasteiger partial charge < -0.3 is 15.5 Å². The zero-order chi connectivity index (χ0) is 10.8. The number of carbonyl (C=O) groups excluding carboxylic acids is 1. The summed E-state index contributed by atoms with van der Waals surface area (Å²) < 4.78 is 0. The van der Waals surface area contributed by atoms with Crippen molar-refractivity contribution in [3.63, 3.8) is 0 Å². The van der Waals surface area contributed by atoms with Crippen molar-refractivity contribution in [3.8, 4) is 0 Å². The fourth-order valence-corrected chi connectivity index (χ4v) is 1.52. The molecule has 1 aliphatic heterocycles. The van der Waals surface area contributed by atoms with Crippen LogP contribution < -0.4 is 10.6 Å². The van der Waals surface area contributed by atoms with Crippen LogP contribution in [-0.4, -0.2) is 43.7 Å². The third kappa shape index (κ3) is 2.61. The lowest BCUT2D eigenvalue weighted by Gasteiger charge is -2.25. The second kappa shape index (κ2) is 4.17. The van der Waals surface area contributed by atoms with Crippen LogP contribution in [0.2, 0.25) is 0 Å². The minimum atomic E-state index is 0.0696. The maximum absolute atomic E-state index is 11.5. The topological polar surface area (TPSA) is 44.4 Å². The molecule has 0 radical (unpaired) electrons. The van der Waals surface area contributed by atoms with Gasteiger partial charge in [-0.2, -0.15) is 0 Å². The lowest BCUT2D eigenvalue weighted by Crippen LogP contribution is -2.38. The molecule has 0 bridgehead atoms. The fraction of sp³-hybridized carbons (Fsp3) is 0.900. The zero-order valence-corrected chi connectivity index (χ0v) is 9.55. The number of nitrogens with one attached hydrogen (secondary N) is 2. The second-order valence-corrected chi connectivity index (χ2v) is 4.92. The average Bonchev–Trinajstić information content (AvgIpc) is 2.43. The molecule has 2 amide bonds. The molecule has 1 heterocycles. The molecule has 1 fully saturated rings. The summed E-state index contributed by atoms with van der Waals surface area (Å²) in [5.74, 6) is 0. The highest BCUT2D eigenvalue weighted by molar-refractivity contribution is 5.77. The quantitative estimate of drug-likeness (QED) is 0.701. The Balaban J connectivity index is 2.47. The number of urea groups is 1. The summed E-state index contributed by atoms with van der Waals surface area (Å²) in [5, 5.41) is 6.06. The third-order valence-electron chi connectivity index (χ3n) is 2.66. The van der Waals surface area contributed by atoms with Gasteiger partial charge in [0.1, 0.15) is 0 Å². The molecular formula is C10H21N3O. The maximum atomic E-state index is 11.5. The van der Waals surface area contributed by atoms with Gasteiger partial charge in [0.05, 0.1) is 6.04 Å². The molecule has 14 heavy (non-hydrogen) atoms. The van der Waals surface area contributed by atoms with E-state index in [0.717, 1.165) is 19.6 Å². The van der Waals surface area contributed by atoms with Crippen molar-refractivity contribution in [2.24, 2.45) is 5.41 Å². The Hall–Kier alpha value is -0.770. The summed E-state index contributed by atoms with van der Waals surface area (Å²) in [5.41, 5.74) is 0.143. The highest BCUT2D eigenvalue weighted by Gasteiger charge is 2.35. The Bertz CT molecular complexity index is 210. The Morgan fingerprint density at radius 2 is 2.21 bits per heavy atom. The van der Waals surface area contributed by atoms with Crippen LogP contribution in [-0.2, 0) is 0 Å². The smallest absolute Gasteiger partial charge is 0.317 e. The van der Waals surface area contributed by atoms with Gasteiger partial charge in [-0.25, -0.2) is 4.79 Å². The molecule has 4 heteroatoms. The molecule has 0 aromatic carbocycles. The van der Waals surface area contributed by atoms with Crippen LogP contribution in [0.25, 0.3) is 0 Å². The first-order valence-corrected chi connectivity index (χ1v) is 5.15. The van der Waals surface area contributed by atoms with E-state index >= 15 is 0 Å². The number of amides is 2. The molecule has 1 saturated heterocycles. The average molecular weight is 199 g/mol. The normalized spacial score (nSPS) is 22.7. The third-order valence-corrected chi connectivity index (χ3v) is 2.66. The van der Waals surface area contributed by atoms with E-state index < -0.39 is 0 Å². The number of hydrogen-bond acceptors (Lipinski definition) is 2. The SMILES string of the molecule is CNCCN1CC(C(C)(C)C)NC1=O. The van der Waals surface area contributed by atoms with Gasteiger partial charge in [-0.15, -0.1) is 0 Å². The fourth-order valence-electron chi connectivity index (χ4n) is 1.52. The van der Waals surface area contributed by atoms with Crippen molar-refractivity contribution in [2.75, 3.05) is 26.7 Å². The van der Waals surface area contributed by atoms with Crippen LogP contribution in [0.15, 0.2) is 0 Å². The second-order valence-electron chi connectivity index (χ2n) is 4.92. The first-order chi connectivity index (χ1) is 6.45. The van der Waals surface area contributed by atoms with Crippen molar-refractivity contribution >= 4 is 6.03 Å². The van der Waals surface area contributed by atoms with Crippen LogP contribution in [0.3, 0.4) is 0 Å². The van der Waals surface area contributed by atoms with Crippen molar-refractivity contribution in [1.29, 1.82) is 0 Å². The lowest BCUT2D eigenvalue weighted by molar-refractivity contribution is 0.217. The standard InChI is InChI=1S/C10H21N3O/c1-10(2,3)8-7-13(6-5-11-4)9(14)12-8/h8,11H,5-7H2,1-4H3,(H,12,14). The number of rotatable bonds is 3. The Morgan fingerprint density at radius 3 is 2.64 bits per heavy atom. The summed E-state index contributed by atoms with van der Waals surface area (Å²) in [6, 6.07) is 0.340. The van der Waals surface area contributed by atoms with Gasteiger partial charge in [0, 0.05) is 19.6 Å². The van der Waals surface area contributed by atoms with E-state index in [9.17, 15) is 4.79 Å². The molecule has 0 saturated carbocycles. The summed E-state index contributed by atoms with van der Waals surface area (Å²) in [4.78, 5) is 13.4. The van der Waals surface area contributed by atoms with Crippen molar-refractivity contribution in [2.45, 2.75) is 26.8 Å².